The summed E-state index contributed by atoms with van der Waals surface area (Å²) in [5, 5.41) is 9.42. The number of anilines is 2. The molecule has 0 aliphatic rings. The van der Waals surface area contributed by atoms with Crippen molar-refractivity contribution in [1.82, 2.24) is 19.1 Å². The highest BCUT2D eigenvalue weighted by atomic mass is 32.2. The minimum absolute atomic E-state index is 0.109. The average molecular weight is 473 g/mol. The second kappa shape index (κ2) is 9.79. The smallest absolute Gasteiger partial charge is 0.255 e. The van der Waals surface area contributed by atoms with Crippen LogP contribution >= 0.6 is 0 Å². The second-order valence-corrected chi connectivity index (χ2v) is 9.35. The molecule has 3 aromatic rings. The molecule has 12 heteroatoms. The van der Waals surface area contributed by atoms with Gasteiger partial charge in [-0.2, -0.15) is 5.10 Å². The summed E-state index contributed by atoms with van der Waals surface area (Å²) in [7, 11) is 0.342. The van der Waals surface area contributed by atoms with Crippen LogP contribution in [0.4, 0.5) is 11.4 Å². The maximum atomic E-state index is 12.7. The molecule has 0 bridgehead atoms. The molecule has 0 radical (unpaired) electrons. The van der Waals surface area contributed by atoms with Gasteiger partial charge in [0.15, 0.2) is 0 Å². The van der Waals surface area contributed by atoms with Crippen molar-refractivity contribution in [1.29, 1.82) is 0 Å². The predicted molar refractivity (Wildman–Crippen MR) is 122 cm³/mol. The van der Waals surface area contributed by atoms with Crippen LogP contribution in [0.1, 0.15) is 23.3 Å². The fraction of sp³-hybridized carbons (Fsp3) is 0.238. The molecule has 2 amide bonds. The minimum Gasteiger partial charge on any atom is -0.495 e. The van der Waals surface area contributed by atoms with Crippen LogP contribution in [0.25, 0.3) is 0 Å². The number of aromatic nitrogens is 3. The van der Waals surface area contributed by atoms with E-state index >= 15 is 0 Å². The highest BCUT2D eigenvalue weighted by Crippen LogP contribution is 2.27. The van der Waals surface area contributed by atoms with Crippen LogP contribution in [0.3, 0.4) is 0 Å². The first-order valence-corrected chi connectivity index (χ1v) is 11.2. The molecule has 1 aromatic heterocycles. The lowest BCUT2D eigenvalue weighted by Gasteiger charge is -2.15. The fourth-order valence-corrected chi connectivity index (χ4v) is 3.92. The molecule has 174 valence electrons. The Balaban J connectivity index is 1.71. The van der Waals surface area contributed by atoms with Crippen LogP contribution in [-0.2, 0) is 14.8 Å². The third-order valence-corrected chi connectivity index (χ3v) is 6.64. The van der Waals surface area contributed by atoms with E-state index in [0.717, 1.165) is 4.31 Å². The minimum atomic E-state index is -3.81. The molecule has 0 saturated carbocycles. The number of nitrogens with one attached hydrogen (secondary N) is 2. The molecule has 33 heavy (non-hydrogen) atoms. The Morgan fingerprint density at radius 2 is 1.70 bits per heavy atom. The van der Waals surface area contributed by atoms with Crippen molar-refractivity contribution in [3.8, 4) is 5.75 Å². The lowest BCUT2D eigenvalue weighted by atomic mass is 10.2. The van der Waals surface area contributed by atoms with Gasteiger partial charge in [0.05, 0.1) is 7.11 Å². The van der Waals surface area contributed by atoms with Crippen LogP contribution in [0.2, 0.25) is 0 Å². The van der Waals surface area contributed by atoms with Crippen LogP contribution in [0.5, 0.6) is 5.75 Å². The number of ether oxygens (including phenoxy) is 1. The number of benzene rings is 2. The Kier molecular flexibility index (Phi) is 7.09. The number of hydrogen-bond donors (Lipinski definition) is 2. The highest BCUT2D eigenvalue weighted by molar-refractivity contribution is 7.89. The molecule has 3 rings (SSSR count). The standard InChI is InChI=1S/C21H24N6O5S/c1-14(27-13-22-12-23-27)20(28)24-16-6-8-17(9-7-16)25-21(29)15-5-10-18(32-4)19(11-15)33(30,31)26(2)3/h5-14H,1-4H3,(H,24,28)(H,25,29). The molecule has 0 aliphatic carbocycles. The topological polar surface area (TPSA) is 136 Å². The fourth-order valence-electron chi connectivity index (χ4n) is 2.84. The van der Waals surface area contributed by atoms with Crippen LogP contribution in [-0.4, -0.2) is 60.5 Å². The van der Waals surface area contributed by atoms with Gasteiger partial charge in [0.2, 0.25) is 15.9 Å². The van der Waals surface area contributed by atoms with Gasteiger partial charge in [0.25, 0.3) is 5.91 Å². The number of methoxy groups -OCH3 is 1. The van der Waals surface area contributed by atoms with Crippen molar-refractivity contribution < 1.29 is 22.7 Å². The Hall–Kier alpha value is -3.77. The molecule has 2 aromatic carbocycles. The van der Waals surface area contributed by atoms with E-state index in [9.17, 15) is 18.0 Å². The van der Waals surface area contributed by atoms with E-state index in [1.165, 1.54) is 56.7 Å². The molecule has 2 N–H and O–H groups in total. The van der Waals surface area contributed by atoms with Gasteiger partial charge in [-0.3, -0.25) is 9.59 Å². The van der Waals surface area contributed by atoms with Gasteiger partial charge in [0, 0.05) is 31.0 Å². The van der Waals surface area contributed by atoms with E-state index in [1.54, 1.807) is 31.2 Å². The van der Waals surface area contributed by atoms with E-state index in [4.69, 9.17) is 4.74 Å². The number of rotatable bonds is 8. The largest absolute Gasteiger partial charge is 0.495 e. The van der Waals surface area contributed by atoms with Crippen molar-refractivity contribution in [2.24, 2.45) is 0 Å². The van der Waals surface area contributed by atoms with E-state index < -0.39 is 22.0 Å². The Morgan fingerprint density at radius 3 is 2.24 bits per heavy atom. The van der Waals surface area contributed by atoms with Crippen molar-refractivity contribution >= 4 is 33.2 Å². The van der Waals surface area contributed by atoms with Gasteiger partial charge in [-0.05, 0) is 49.4 Å². The predicted octanol–water partition coefficient (Wildman–Crippen LogP) is 1.99. The monoisotopic (exact) mass is 472 g/mol. The SMILES string of the molecule is COc1ccc(C(=O)Nc2ccc(NC(=O)C(C)n3cncn3)cc2)cc1S(=O)(=O)N(C)C. The number of carbonyl (C=O) groups is 2. The Morgan fingerprint density at radius 1 is 1.06 bits per heavy atom. The molecule has 0 aliphatic heterocycles. The van der Waals surface area contributed by atoms with Crippen molar-refractivity contribution in [2.45, 2.75) is 17.9 Å². The van der Waals surface area contributed by atoms with Crippen LogP contribution in [0.15, 0.2) is 60.0 Å². The lowest BCUT2D eigenvalue weighted by molar-refractivity contribution is -0.119. The maximum Gasteiger partial charge on any atom is 0.255 e. The van der Waals surface area contributed by atoms with Gasteiger partial charge in [0.1, 0.15) is 29.3 Å². The van der Waals surface area contributed by atoms with E-state index in [-0.39, 0.29) is 22.1 Å². The van der Waals surface area contributed by atoms with Gasteiger partial charge < -0.3 is 15.4 Å². The second-order valence-electron chi connectivity index (χ2n) is 7.23. The first-order valence-electron chi connectivity index (χ1n) is 9.80. The first kappa shape index (κ1) is 23.9. The zero-order valence-electron chi connectivity index (χ0n) is 18.5. The number of hydrogen-bond acceptors (Lipinski definition) is 7. The summed E-state index contributed by atoms with van der Waals surface area (Å²) in [5.74, 6) is -0.630. The van der Waals surface area contributed by atoms with Crippen molar-refractivity contribution in [3.05, 3.63) is 60.7 Å². The molecular weight excluding hydrogens is 448 g/mol. The van der Waals surface area contributed by atoms with E-state index in [1.807, 2.05) is 0 Å². The summed E-state index contributed by atoms with van der Waals surface area (Å²) in [5.41, 5.74) is 1.15. The number of amides is 2. The quantitative estimate of drug-likeness (QED) is 0.512. The Labute approximate surface area is 191 Å². The summed E-state index contributed by atoms with van der Waals surface area (Å²) in [6.07, 6.45) is 2.81. The number of nitrogens with zero attached hydrogens (tertiary/aromatic N) is 4. The van der Waals surface area contributed by atoms with Gasteiger partial charge in [-0.15, -0.1) is 0 Å². The first-order chi connectivity index (χ1) is 15.6. The van der Waals surface area contributed by atoms with Crippen molar-refractivity contribution in [3.63, 3.8) is 0 Å². The molecule has 0 saturated heterocycles. The maximum absolute atomic E-state index is 12.7. The van der Waals surface area contributed by atoms with Crippen LogP contribution in [0, 0.1) is 0 Å². The molecule has 11 nitrogen and oxygen atoms in total. The third kappa shape index (κ3) is 5.35. The van der Waals surface area contributed by atoms with Gasteiger partial charge in [-0.25, -0.2) is 22.4 Å². The molecule has 0 fully saturated rings. The molecule has 1 heterocycles. The van der Waals surface area contributed by atoms with Gasteiger partial charge in [-0.1, -0.05) is 0 Å². The highest BCUT2D eigenvalue weighted by Gasteiger charge is 2.24. The molecule has 0 spiro atoms. The summed E-state index contributed by atoms with van der Waals surface area (Å²) in [6.45, 7) is 1.69. The zero-order chi connectivity index (χ0) is 24.2. The molecular formula is C21H24N6O5S. The van der Waals surface area contributed by atoms with Gasteiger partial charge >= 0.3 is 0 Å². The van der Waals surface area contributed by atoms with Crippen LogP contribution < -0.4 is 15.4 Å². The average Bonchev–Trinajstić information content (AvgIpc) is 3.34. The third-order valence-electron chi connectivity index (χ3n) is 4.81. The summed E-state index contributed by atoms with van der Waals surface area (Å²) in [6, 6.07) is 10.1. The zero-order valence-corrected chi connectivity index (χ0v) is 19.3. The van der Waals surface area contributed by atoms with E-state index in [2.05, 4.69) is 20.7 Å². The summed E-state index contributed by atoms with van der Waals surface area (Å²) < 4.78 is 32.7. The number of sulfonamides is 1. The molecule has 1 unspecified atom stereocenters. The van der Waals surface area contributed by atoms with Crippen molar-refractivity contribution in [2.75, 3.05) is 31.8 Å². The lowest BCUT2D eigenvalue weighted by Crippen LogP contribution is -2.24. The normalized spacial score (nSPS) is 12.3. The van der Waals surface area contributed by atoms with E-state index in [0.29, 0.717) is 11.4 Å². The number of carbonyl (C=O) groups excluding carboxylic acids is 2. The molecule has 1 atom stereocenters. The summed E-state index contributed by atoms with van der Waals surface area (Å²) >= 11 is 0. The Bertz CT molecular complexity index is 1240. The summed E-state index contributed by atoms with van der Waals surface area (Å²) in [4.78, 5) is 28.8.